The normalized spacial score (nSPS) is 15.2. The molecular formula is C25H30FN5O. The third-order valence-electron chi connectivity index (χ3n) is 6.26. The molecule has 168 valence electrons. The molecule has 32 heavy (non-hydrogen) atoms. The Hall–Kier alpha value is -3.19. The number of rotatable bonds is 6. The summed E-state index contributed by atoms with van der Waals surface area (Å²) in [7, 11) is 0. The lowest BCUT2D eigenvalue weighted by atomic mass is 9.98. The van der Waals surface area contributed by atoms with Gasteiger partial charge in [-0.1, -0.05) is 38.0 Å². The van der Waals surface area contributed by atoms with E-state index in [0.717, 1.165) is 35.0 Å². The van der Waals surface area contributed by atoms with Gasteiger partial charge in [-0.15, -0.1) is 0 Å². The maximum absolute atomic E-state index is 13.5. The highest BCUT2D eigenvalue weighted by Gasteiger charge is 2.30. The topological polar surface area (TPSA) is 76.2 Å². The lowest BCUT2D eigenvalue weighted by Crippen LogP contribution is -2.49. The lowest BCUT2D eigenvalue weighted by Gasteiger charge is -2.32. The number of halogens is 1. The number of aromatic nitrogens is 2. The Balaban J connectivity index is 1.69. The second-order valence-electron chi connectivity index (χ2n) is 8.55. The van der Waals surface area contributed by atoms with Gasteiger partial charge in [-0.05, 0) is 49.2 Å². The van der Waals surface area contributed by atoms with Crippen molar-refractivity contribution < 1.29 is 9.18 Å². The summed E-state index contributed by atoms with van der Waals surface area (Å²) in [5.41, 5.74) is 9.89. The second-order valence-corrected chi connectivity index (χ2v) is 8.55. The van der Waals surface area contributed by atoms with Crippen LogP contribution in [0.5, 0.6) is 0 Å². The van der Waals surface area contributed by atoms with E-state index in [9.17, 15) is 9.18 Å². The molecule has 1 amide bonds. The fourth-order valence-electron chi connectivity index (χ4n) is 3.94. The third kappa shape index (κ3) is 4.39. The van der Waals surface area contributed by atoms with Crippen LogP contribution in [0.1, 0.15) is 31.7 Å². The number of amides is 1. The summed E-state index contributed by atoms with van der Waals surface area (Å²) in [6, 6.07) is 13.9. The maximum atomic E-state index is 13.5. The van der Waals surface area contributed by atoms with Crippen molar-refractivity contribution in [3.63, 3.8) is 0 Å². The number of carbonyl (C=O) groups excluding carboxylic acids is 1. The molecule has 3 aromatic rings. The van der Waals surface area contributed by atoms with Gasteiger partial charge in [0.2, 0.25) is 5.91 Å². The van der Waals surface area contributed by atoms with Crippen molar-refractivity contribution in [2.75, 3.05) is 11.9 Å². The fraction of sp³-hybridized carbons (Fsp3) is 0.360. The molecule has 0 fully saturated rings. The summed E-state index contributed by atoms with van der Waals surface area (Å²) in [5.74, 6) is 1.42. The van der Waals surface area contributed by atoms with Gasteiger partial charge in [0.1, 0.15) is 23.2 Å². The zero-order valence-corrected chi connectivity index (χ0v) is 18.8. The van der Waals surface area contributed by atoms with E-state index in [4.69, 9.17) is 10.7 Å². The molecule has 1 aliphatic heterocycles. The van der Waals surface area contributed by atoms with Crippen LogP contribution in [0.15, 0.2) is 48.5 Å². The molecule has 3 N–H and O–H groups in total. The van der Waals surface area contributed by atoms with E-state index in [1.54, 1.807) is 17.0 Å². The van der Waals surface area contributed by atoms with E-state index in [0.29, 0.717) is 19.6 Å². The number of imidazole rings is 1. The number of nitrogens with zero attached hydrogens (tertiary/aromatic N) is 3. The number of aryl methyl sites for hydroxylation is 1. The first-order valence-electron chi connectivity index (χ1n) is 11.1. The highest BCUT2D eigenvalue weighted by molar-refractivity contribution is 5.82. The van der Waals surface area contributed by atoms with Gasteiger partial charge in [-0.25, -0.2) is 9.37 Å². The van der Waals surface area contributed by atoms with Gasteiger partial charge < -0.3 is 20.5 Å². The van der Waals surface area contributed by atoms with E-state index in [2.05, 4.69) is 9.88 Å². The van der Waals surface area contributed by atoms with E-state index >= 15 is 0 Å². The SMILES string of the molecule is CC[C@H](C)[C@H](N)C(=O)N1CCn2c(nc(-c3ccc(F)cc3)c2Nc2ccc(C)cc2)C1. The van der Waals surface area contributed by atoms with Crippen LogP contribution >= 0.6 is 0 Å². The van der Waals surface area contributed by atoms with Crippen molar-refractivity contribution in [3.8, 4) is 11.3 Å². The van der Waals surface area contributed by atoms with Gasteiger partial charge in [0.25, 0.3) is 0 Å². The van der Waals surface area contributed by atoms with Crippen LogP contribution in [0, 0.1) is 18.7 Å². The fourth-order valence-corrected chi connectivity index (χ4v) is 3.94. The number of hydrogen-bond acceptors (Lipinski definition) is 4. The van der Waals surface area contributed by atoms with Crippen LogP contribution < -0.4 is 11.1 Å². The molecule has 4 rings (SSSR count). The quantitative estimate of drug-likeness (QED) is 0.600. The number of nitrogens with one attached hydrogen (secondary N) is 1. The Morgan fingerprint density at radius 2 is 1.84 bits per heavy atom. The van der Waals surface area contributed by atoms with Gasteiger partial charge in [-0.2, -0.15) is 0 Å². The van der Waals surface area contributed by atoms with E-state index < -0.39 is 6.04 Å². The first-order valence-corrected chi connectivity index (χ1v) is 11.1. The average molecular weight is 436 g/mol. The molecule has 0 saturated carbocycles. The van der Waals surface area contributed by atoms with E-state index in [1.165, 1.54) is 17.7 Å². The van der Waals surface area contributed by atoms with Crippen LogP contribution in [0.25, 0.3) is 11.3 Å². The van der Waals surface area contributed by atoms with Crippen molar-refractivity contribution in [2.45, 2.75) is 46.3 Å². The number of hydrogen-bond donors (Lipinski definition) is 2. The molecule has 1 aromatic heterocycles. The lowest BCUT2D eigenvalue weighted by molar-refractivity contribution is -0.135. The molecule has 0 saturated heterocycles. The predicted molar refractivity (Wildman–Crippen MR) is 125 cm³/mol. The molecule has 6 nitrogen and oxygen atoms in total. The molecule has 0 bridgehead atoms. The van der Waals surface area contributed by atoms with Crippen molar-refractivity contribution >= 4 is 17.4 Å². The van der Waals surface area contributed by atoms with Crippen molar-refractivity contribution in [1.29, 1.82) is 0 Å². The molecular weight excluding hydrogens is 405 g/mol. The summed E-state index contributed by atoms with van der Waals surface area (Å²) < 4.78 is 15.6. The minimum atomic E-state index is -0.511. The summed E-state index contributed by atoms with van der Waals surface area (Å²) in [4.78, 5) is 19.6. The summed E-state index contributed by atoms with van der Waals surface area (Å²) in [6.07, 6.45) is 0.856. The van der Waals surface area contributed by atoms with Crippen LogP contribution in [-0.2, 0) is 17.9 Å². The standard InChI is InChI=1S/C25H30FN5O/c1-4-17(3)22(27)25(32)30-13-14-31-21(15-30)29-23(18-7-9-19(26)10-8-18)24(31)28-20-11-5-16(2)6-12-20/h5-12,17,22,28H,4,13-15,27H2,1-3H3/t17-,22-/m0/s1. The third-order valence-corrected chi connectivity index (χ3v) is 6.26. The van der Waals surface area contributed by atoms with Gasteiger partial charge >= 0.3 is 0 Å². The molecule has 1 aliphatic rings. The zero-order valence-electron chi connectivity index (χ0n) is 18.8. The monoisotopic (exact) mass is 435 g/mol. The molecule has 0 unspecified atom stereocenters. The van der Waals surface area contributed by atoms with Crippen LogP contribution in [0.3, 0.4) is 0 Å². The number of carbonyl (C=O) groups is 1. The molecule has 0 aliphatic carbocycles. The second kappa shape index (κ2) is 9.12. The Kier molecular flexibility index (Phi) is 6.28. The molecule has 0 radical (unpaired) electrons. The Morgan fingerprint density at radius 1 is 1.16 bits per heavy atom. The van der Waals surface area contributed by atoms with Gasteiger partial charge in [0.15, 0.2) is 0 Å². The van der Waals surface area contributed by atoms with Crippen molar-refractivity contribution in [1.82, 2.24) is 14.5 Å². The molecule has 0 spiro atoms. The number of benzene rings is 2. The van der Waals surface area contributed by atoms with Crippen molar-refractivity contribution in [2.24, 2.45) is 11.7 Å². The zero-order chi connectivity index (χ0) is 22.8. The maximum Gasteiger partial charge on any atom is 0.240 e. The minimum absolute atomic E-state index is 0.0371. The van der Waals surface area contributed by atoms with Crippen molar-refractivity contribution in [3.05, 3.63) is 65.7 Å². The predicted octanol–water partition coefficient (Wildman–Crippen LogP) is 4.46. The Bertz CT molecular complexity index is 1090. The average Bonchev–Trinajstić information content (AvgIpc) is 3.17. The van der Waals surface area contributed by atoms with E-state index in [1.807, 2.05) is 45.0 Å². The number of anilines is 2. The Labute approximate surface area is 188 Å². The van der Waals surface area contributed by atoms with Gasteiger partial charge in [-0.3, -0.25) is 4.79 Å². The smallest absolute Gasteiger partial charge is 0.240 e. The Morgan fingerprint density at radius 3 is 2.50 bits per heavy atom. The highest BCUT2D eigenvalue weighted by Crippen LogP contribution is 2.33. The van der Waals surface area contributed by atoms with Gasteiger partial charge in [0, 0.05) is 24.3 Å². The molecule has 7 heteroatoms. The first-order chi connectivity index (χ1) is 15.4. The van der Waals surface area contributed by atoms with Crippen LogP contribution in [-0.4, -0.2) is 32.9 Å². The van der Waals surface area contributed by atoms with Crippen LogP contribution in [0.2, 0.25) is 0 Å². The minimum Gasteiger partial charge on any atom is -0.340 e. The molecule has 2 atom stereocenters. The van der Waals surface area contributed by atoms with E-state index in [-0.39, 0.29) is 17.6 Å². The molecule has 2 aromatic carbocycles. The summed E-state index contributed by atoms with van der Waals surface area (Å²) in [6.45, 7) is 7.66. The number of fused-ring (bicyclic) bond motifs is 1. The molecule has 2 heterocycles. The summed E-state index contributed by atoms with van der Waals surface area (Å²) in [5, 5.41) is 3.49. The first kappa shape index (κ1) is 22.0. The largest absolute Gasteiger partial charge is 0.340 e. The highest BCUT2D eigenvalue weighted by atomic mass is 19.1. The summed E-state index contributed by atoms with van der Waals surface area (Å²) >= 11 is 0. The van der Waals surface area contributed by atoms with Gasteiger partial charge in [0.05, 0.1) is 12.6 Å². The van der Waals surface area contributed by atoms with Crippen LogP contribution in [0.4, 0.5) is 15.9 Å². The number of nitrogens with two attached hydrogens (primary N) is 1.